The third kappa shape index (κ3) is 26.1. The molecule has 5 heterocycles. The van der Waals surface area contributed by atoms with E-state index in [1.54, 1.807) is 103 Å². The number of fused-ring (bicyclic) bond motifs is 4. The molecular weight excluding hydrogens is 1920 g/mol. The van der Waals surface area contributed by atoms with Crippen molar-refractivity contribution in [3.63, 3.8) is 0 Å². The van der Waals surface area contributed by atoms with Crippen LogP contribution in [0.3, 0.4) is 0 Å². The van der Waals surface area contributed by atoms with Gasteiger partial charge in [-0.05, 0) is 334 Å². The number of carbonyl (C=O) groups excluding carboxylic acids is 6. The average Bonchev–Trinajstić information content (AvgIpc) is 1.63. The maximum Gasteiger partial charge on any atom is 0.496 e. The minimum absolute atomic E-state index is 0.0126. The van der Waals surface area contributed by atoms with Crippen LogP contribution in [-0.2, 0) is 20.8 Å². The van der Waals surface area contributed by atoms with Crippen LogP contribution in [0, 0.1) is 23.3 Å². The second kappa shape index (κ2) is 50.1. The number of piperazine rings is 1. The lowest BCUT2D eigenvalue weighted by molar-refractivity contribution is -0.119. The van der Waals surface area contributed by atoms with Gasteiger partial charge in [-0.2, -0.15) is 0 Å². The van der Waals surface area contributed by atoms with Crippen LogP contribution in [0.25, 0.3) is 68.9 Å². The summed E-state index contributed by atoms with van der Waals surface area (Å²) in [6, 6.07) is 34.1. The predicted molar refractivity (Wildman–Crippen MR) is 565 cm³/mol. The summed E-state index contributed by atoms with van der Waals surface area (Å²) in [5, 5.41) is 45.2. The molecule has 4 aliphatic carbocycles. The number of likely N-dealkylation sites (N-methyl/N-ethyl adjacent to an activating group) is 1. The zero-order chi connectivity index (χ0) is 107. The van der Waals surface area contributed by atoms with Crippen molar-refractivity contribution in [2.45, 2.75) is 112 Å². The van der Waals surface area contributed by atoms with Crippen molar-refractivity contribution >= 4 is 141 Å². The number of Topliss-reactive ketones (excluding diaryl/α,β-unsaturated/α-hetero) is 4. The fraction of sp³-hybridized carbons (Fsp3) is 0.281. The van der Waals surface area contributed by atoms with Crippen LogP contribution in [0.5, 0.6) is 57.5 Å². The molecule has 3 aliphatic heterocycles. The molecule has 1 saturated heterocycles. The van der Waals surface area contributed by atoms with E-state index in [1.807, 2.05) is 71.2 Å². The van der Waals surface area contributed by atoms with Gasteiger partial charge in [0, 0.05) is 102 Å². The molecule has 10 aromatic rings. The fourth-order valence-corrected chi connectivity index (χ4v) is 18.9. The molecule has 2 amide bonds. The molecule has 35 heteroatoms. The maximum atomic E-state index is 14.4. The number of hydrogen-bond acceptors (Lipinski definition) is 27. The molecule has 17 rings (SSSR count). The number of hydrogen-bond donors (Lipinski definition) is 5. The molecular formula is C114H115B2F4N7O22. The molecule has 0 atom stereocenters. The van der Waals surface area contributed by atoms with E-state index in [-0.39, 0.29) is 117 Å². The minimum atomic E-state index is -1.76. The van der Waals surface area contributed by atoms with Gasteiger partial charge in [0.2, 0.25) is 11.5 Å². The first kappa shape index (κ1) is 109. The number of oxazole rings is 1. The summed E-state index contributed by atoms with van der Waals surface area (Å²) in [6.45, 7) is 13.3. The Kier molecular flexibility index (Phi) is 36.6. The summed E-state index contributed by atoms with van der Waals surface area (Å²) in [5.74, 6) is 2.05. The number of carbonyl (C=O) groups is 6. The molecule has 0 bridgehead atoms. The van der Waals surface area contributed by atoms with E-state index in [0.29, 0.717) is 113 Å². The summed E-state index contributed by atoms with van der Waals surface area (Å²) in [7, 11) is 10.2. The highest BCUT2D eigenvalue weighted by Gasteiger charge is 2.35. The lowest BCUT2D eigenvalue weighted by Crippen LogP contribution is -2.48. The molecule has 7 aliphatic rings. The quantitative estimate of drug-likeness (QED) is 0.0138. The number of aromatic nitrogens is 2. The van der Waals surface area contributed by atoms with Gasteiger partial charge in [0.05, 0.1) is 87.0 Å². The van der Waals surface area contributed by atoms with Crippen LogP contribution in [0.15, 0.2) is 211 Å². The number of ether oxygens (including phenoxy) is 10. The Morgan fingerprint density at radius 3 is 1.17 bits per heavy atom. The second-order valence-electron chi connectivity index (χ2n) is 35.9. The Balaban J connectivity index is 0.000000157. The summed E-state index contributed by atoms with van der Waals surface area (Å²) in [4.78, 5) is 91.2. The van der Waals surface area contributed by atoms with Gasteiger partial charge in [-0.1, -0.05) is 35.5 Å². The van der Waals surface area contributed by atoms with Gasteiger partial charge in [0.25, 0.3) is 0 Å². The number of ketones is 4. The standard InChI is InChI=1S/C32H34FN3O6.C28H27FN2O6.2C27H27BFNO5/c1-20-25(8-6-23(37)19-24-9-10-34-42-24)28-18-22(33)5-7-26(28)27(20)15-21-16-29(39-3)31(30(17-21)40-4)41-32(38)36-13-11-35(2)12-14-36;1-5-30-28(33)37-27-25(34-3)11-17(12-26(27)35-4)10-21-16(2)19(22-13-18(29)6-7-20(21)22)8-9-24(32)23-14-36-15-31-23;1-16-21(7-5-20(31)10-17-8-9-30-15-17)24-14-19(29)4-6-22(24)23(16)11-18-12-25(34-2)27(28(32)33)26(13-18)35-3;1-16-21(9-7-20(31)15-19-5-4-10-30-19)24-14-18(29)6-8-22(24)23(16)11-17-12-25(34-2)27(28(32)33)26(13-17)35-3/h5,7,9-10,15-18H,6,8,11-14,19H2,1-4H3;6-7,10-15H,5,8-9H2,1-4H3,(H,30,33);4,6,8-9,11-14,32-33H,5,7,10,15H2,1-3H3;4,6,8,10-14,32-33H,5,7,9,15H2,1-3H3/b27-15-;21-10-;2*23-11-. The van der Waals surface area contributed by atoms with Gasteiger partial charge in [0.1, 0.15) is 81.3 Å². The third-order valence-corrected chi connectivity index (χ3v) is 26.5. The lowest BCUT2D eigenvalue weighted by Gasteiger charge is -2.31. The van der Waals surface area contributed by atoms with E-state index in [1.165, 1.54) is 124 Å². The minimum Gasteiger partial charge on any atom is -0.497 e. The molecule has 772 valence electrons. The van der Waals surface area contributed by atoms with Crippen molar-refractivity contribution < 1.29 is 123 Å². The molecule has 0 radical (unpaired) electrons. The van der Waals surface area contributed by atoms with Crippen molar-refractivity contribution in [3.05, 3.63) is 294 Å². The molecule has 0 unspecified atom stereocenters. The largest absolute Gasteiger partial charge is 0.497 e. The van der Waals surface area contributed by atoms with Crippen LogP contribution in [0.4, 0.5) is 27.2 Å². The van der Waals surface area contributed by atoms with Crippen molar-refractivity contribution in [3.8, 4) is 57.5 Å². The molecule has 0 saturated carbocycles. The van der Waals surface area contributed by atoms with Crippen LogP contribution in [-0.4, -0.2) is 205 Å². The zero-order valence-electron chi connectivity index (χ0n) is 85.2. The average molecular weight is 2030 g/mol. The first-order valence-electron chi connectivity index (χ1n) is 48.3. The van der Waals surface area contributed by atoms with Gasteiger partial charge in [-0.3, -0.25) is 29.2 Å². The predicted octanol–water partition coefficient (Wildman–Crippen LogP) is 19.0. The van der Waals surface area contributed by atoms with Crippen molar-refractivity contribution in [2.75, 3.05) is 103 Å². The second-order valence-corrected chi connectivity index (χ2v) is 35.9. The number of amides is 2. The number of rotatable bonds is 36. The topological polar surface area (TPSA) is 371 Å². The Bertz CT molecular complexity index is 6900. The van der Waals surface area contributed by atoms with E-state index in [0.717, 1.165) is 158 Å². The van der Waals surface area contributed by atoms with Gasteiger partial charge in [0.15, 0.2) is 35.2 Å². The Labute approximate surface area is 860 Å². The number of methoxy groups -OCH3 is 8. The van der Waals surface area contributed by atoms with Crippen LogP contribution in [0.1, 0.15) is 188 Å². The summed E-state index contributed by atoms with van der Waals surface area (Å²) >= 11 is 0. The van der Waals surface area contributed by atoms with Crippen LogP contribution < -0.4 is 63.6 Å². The number of allylic oxidation sites excluding steroid dienone is 14. The van der Waals surface area contributed by atoms with Gasteiger partial charge >= 0.3 is 26.4 Å². The monoisotopic (exact) mass is 2030 g/mol. The van der Waals surface area contributed by atoms with E-state index in [4.69, 9.17) is 56.3 Å². The molecule has 1 fully saturated rings. The van der Waals surface area contributed by atoms with Crippen molar-refractivity contribution in [1.82, 2.24) is 25.3 Å². The highest BCUT2D eigenvalue weighted by atomic mass is 19.1. The number of benzene rings is 8. The molecule has 149 heavy (non-hydrogen) atoms. The van der Waals surface area contributed by atoms with Gasteiger partial charge in [-0.15, -0.1) is 0 Å². The normalized spacial score (nSPS) is 15.2. The SMILES string of the molecule is CCNC(=O)Oc1c(OC)cc(/C=C2/C(C)=C(CCC(=O)c3cocn3)c3cc(F)ccc32)cc1OC.COc1cc(/C=C2/C(C)=C(CCC(=O)CC3=CC=NC3)c3cc(F)ccc32)cc(OC)c1B(O)O.COc1cc(/C=C2/C(C)=C(CCC(=O)CC3=NC=CC3)c3cc(F)ccc32)cc(OC)c1B(O)O.COc1cc(/C=C2/C(C)=C(CCC(=O)Cc3ccno3)c3cc(F)ccc32)cc(OC)c1OC(=O)N1CCN(C)CC1. The molecule has 8 aromatic carbocycles. The van der Waals surface area contributed by atoms with Crippen molar-refractivity contribution in [2.24, 2.45) is 9.98 Å². The molecule has 5 N–H and O–H groups in total. The van der Waals surface area contributed by atoms with Crippen LogP contribution in [0.2, 0.25) is 0 Å². The van der Waals surface area contributed by atoms with E-state index in [9.17, 15) is 66.4 Å². The van der Waals surface area contributed by atoms with Gasteiger partial charge < -0.3 is 91.5 Å². The zero-order valence-corrected chi connectivity index (χ0v) is 85.2. The fourth-order valence-electron chi connectivity index (χ4n) is 18.9. The Hall–Kier alpha value is -15.8. The first-order valence-corrected chi connectivity index (χ1v) is 48.3. The maximum absolute atomic E-state index is 14.4. The van der Waals surface area contributed by atoms with Crippen molar-refractivity contribution in [1.29, 1.82) is 0 Å². The van der Waals surface area contributed by atoms with Crippen LogP contribution >= 0.6 is 0 Å². The lowest BCUT2D eigenvalue weighted by atomic mass is 9.78. The highest BCUT2D eigenvalue weighted by Crippen LogP contribution is 2.52. The van der Waals surface area contributed by atoms with E-state index in [2.05, 4.69) is 30.3 Å². The number of nitrogens with zero attached hydrogens (tertiary/aromatic N) is 6. The third-order valence-electron chi connectivity index (χ3n) is 26.5. The number of nitrogens with one attached hydrogen (secondary N) is 1. The molecule has 29 nitrogen and oxygen atoms in total. The summed E-state index contributed by atoms with van der Waals surface area (Å²) in [5.41, 5.74) is 22.9. The smallest absolute Gasteiger partial charge is 0.496 e. The molecule has 0 spiro atoms. The molecule has 2 aromatic heterocycles. The summed E-state index contributed by atoms with van der Waals surface area (Å²) in [6.07, 6.45) is 22.6. The Morgan fingerprint density at radius 2 is 0.839 bits per heavy atom. The highest BCUT2D eigenvalue weighted by molar-refractivity contribution is 6.61. The summed E-state index contributed by atoms with van der Waals surface area (Å²) < 4.78 is 122. The first-order chi connectivity index (χ1) is 71.8. The number of halogens is 4. The van der Waals surface area contributed by atoms with E-state index < -0.39 is 26.4 Å². The van der Waals surface area contributed by atoms with E-state index >= 15 is 0 Å². The Morgan fingerprint density at radius 1 is 0.463 bits per heavy atom. The number of aliphatic imine (C=N–C) groups is 2. The van der Waals surface area contributed by atoms with Gasteiger partial charge in [-0.25, -0.2) is 32.1 Å².